The lowest BCUT2D eigenvalue weighted by Gasteiger charge is -2.10. The van der Waals surface area contributed by atoms with E-state index in [2.05, 4.69) is 39.9 Å². The van der Waals surface area contributed by atoms with Gasteiger partial charge in [-0.05, 0) is 35.4 Å². The van der Waals surface area contributed by atoms with Crippen LogP contribution in [0.5, 0.6) is 5.75 Å². The summed E-state index contributed by atoms with van der Waals surface area (Å²) in [4.78, 5) is 11.8. The fraction of sp³-hybridized carbons (Fsp3) is 0.136. The average Bonchev–Trinajstić information content (AvgIpc) is 3.32. The van der Waals surface area contributed by atoms with Crippen LogP contribution < -0.4 is 10.1 Å². The minimum Gasteiger partial charge on any atom is -0.489 e. The van der Waals surface area contributed by atoms with E-state index < -0.39 is 0 Å². The largest absolute Gasteiger partial charge is 0.489 e. The number of hydrogen-bond donors (Lipinski definition) is 1. The summed E-state index contributed by atoms with van der Waals surface area (Å²) in [6.45, 7) is 1.65. The Bertz CT molecular complexity index is 1160. The van der Waals surface area contributed by atoms with Crippen LogP contribution in [-0.4, -0.2) is 20.9 Å². The predicted octanol–water partition coefficient (Wildman–Crippen LogP) is 3.30. The van der Waals surface area contributed by atoms with E-state index in [-0.39, 0.29) is 5.91 Å². The second kappa shape index (κ2) is 6.81. The van der Waals surface area contributed by atoms with E-state index in [9.17, 15) is 4.79 Å². The van der Waals surface area contributed by atoms with Gasteiger partial charge < -0.3 is 10.1 Å². The summed E-state index contributed by atoms with van der Waals surface area (Å²) in [5.74, 6) is 0.722. The molecule has 0 bridgehead atoms. The highest BCUT2D eigenvalue weighted by Crippen LogP contribution is 2.27. The highest BCUT2D eigenvalue weighted by atomic mass is 16.5. The predicted molar refractivity (Wildman–Crippen MR) is 105 cm³/mol. The number of carbonyl (C=O) groups is 1. The van der Waals surface area contributed by atoms with Crippen LogP contribution in [0.15, 0.2) is 66.7 Å². The first-order valence-electron chi connectivity index (χ1n) is 9.17. The van der Waals surface area contributed by atoms with Gasteiger partial charge in [-0.25, -0.2) is 4.68 Å². The van der Waals surface area contributed by atoms with Gasteiger partial charge in [0.1, 0.15) is 17.9 Å². The van der Waals surface area contributed by atoms with Crippen molar-refractivity contribution >= 4 is 16.9 Å². The average molecular weight is 370 g/mol. The van der Waals surface area contributed by atoms with E-state index in [0.717, 1.165) is 33.5 Å². The van der Waals surface area contributed by atoms with Gasteiger partial charge in [0.2, 0.25) is 0 Å². The zero-order chi connectivity index (χ0) is 18.9. The zero-order valence-corrected chi connectivity index (χ0v) is 15.1. The van der Waals surface area contributed by atoms with Crippen LogP contribution in [0.25, 0.3) is 11.0 Å². The monoisotopic (exact) mass is 370 g/mol. The molecule has 0 radical (unpaired) electrons. The second-order valence-corrected chi connectivity index (χ2v) is 6.81. The Morgan fingerprint density at radius 2 is 1.79 bits per heavy atom. The van der Waals surface area contributed by atoms with Crippen molar-refractivity contribution in [3.8, 4) is 5.75 Å². The molecule has 1 aliphatic rings. The van der Waals surface area contributed by atoms with Crippen molar-refractivity contribution in [2.45, 2.75) is 19.7 Å². The van der Waals surface area contributed by atoms with Crippen LogP contribution in [0.2, 0.25) is 0 Å². The minimum absolute atomic E-state index is 0.0366. The van der Waals surface area contributed by atoms with E-state index in [1.165, 1.54) is 0 Å². The van der Waals surface area contributed by atoms with Gasteiger partial charge in [-0.2, -0.15) is 0 Å². The van der Waals surface area contributed by atoms with Gasteiger partial charge in [0, 0.05) is 17.7 Å². The van der Waals surface area contributed by atoms with Crippen molar-refractivity contribution < 1.29 is 9.53 Å². The topological polar surface area (TPSA) is 69.0 Å². The maximum absolute atomic E-state index is 11.8. The number of amides is 1. The van der Waals surface area contributed by atoms with Crippen LogP contribution in [0, 0.1) is 0 Å². The van der Waals surface area contributed by atoms with E-state index in [1.54, 1.807) is 0 Å². The number of rotatable bonds is 5. The third kappa shape index (κ3) is 2.99. The highest BCUT2D eigenvalue weighted by molar-refractivity contribution is 5.99. The SMILES string of the molecule is O=C1NCc2c(OCc3ccc(Cn4nnc5ccccc54)cc3)cccc21. The van der Waals surface area contributed by atoms with E-state index in [4.69, 9.17) is 4.74 Å². The van der Waals surface area contributed by atoms with Crippen molar-refractivity contribution in [3.63, 3.8) is 0 Å². The van der Waals surface area contributed by atoms with Gasteiger partial charge in [-0.1, -0.05) is 47.7 Å². The molecule has 5 rings (SSSR count). The molecule has 28 heavy (non-hydrogen) atoms. The zero-order valence-electron chi connectivity index (χ0n) is 15.1. The van der Waals surface area contributed by atoms with Gasteiger partial charge >= 0.3 is 0 Å². The van der Waals surface area contributed by atoms with Crippen molar-refractivity contribution in [1.29, 1.82) is 0 Å². The molecule has 0 unspecified atom stereocenters. The fourth-order valence-electron chi connectivity index (χ4n) is 3.47. The number of benzene rings is 3. The lowest BCUT2D eigenvalue weighted by Crippen LogP contribution is -2.12. The van der Waals surface area contributed by atoms with Crippen LogP contribution in [0.3, 0.4) is 0 Å². The van der Waals surface area contributed by atoms with E-state index in [0.29, 0.717) is 25.3 Å². The summed E-state index contributed by atoms with van der Waals surface area (Å²) in [6.07, 6.45) is 0. The molecule has 0 fully saturated rings. The number of fused-ring (bicyclic) bond motifs is 2. The Morgan fingerprint density at radius 3 is 2.68 bits per heavy atom. The first-order valence-corrected chi connectivity index (χ1v) is 9.17. The summed E-state index contributed by atoms with van der Waals surface area (Å²) in [5.41, 5.74) is 5.78. The maximum Gasteiger partial charge on any atom is 0.252 e. The molecule has 0 spiro atoms. The molecule has 0 saturated heterocycles. The molecular formula is C22H18N4O2. The van der Waals surface area contributed by atoms with Crippen molar-refractivity contribution in [3.05, 3.63) is 89.0 Å². The highest BCUT2D eigenvalue weighted by Gasteiger charge is 2.21. The van der Waals surface area contributed by atoms with Gasteiger partial charge in [0.15, 0.2) is 0 Å². The molecule has 2 heterocycles. The van der Waals surface area contributed by atoms with Crippen LogP contribution in [-0.2, 0) is 19.7 Å². The molecule has 6 nitrogen and oxygen atoms in total. The number of hydrogen-bond acceptors (Lipinski definition) is 4. The van der Waals surface area contributed by atoms with Gasteiger partial charge in [-0.15, -0.1) is 5.10 Å². The molecule has 6 heteroatoms. The molecule has 0 atom stereocenters. The van der Waals surface area contributed by atoms with Crippen LogP contribution in [0.4, 0.5) is 0 Å². The summed E-state index contributed by atoms with van der Waals surface area (Å²) in [7, 11) is 0. The van der Waals surface area contributed by atoms with Gasteiger partial charge in [0.05, 0.1) is 12.1 Å². The Morgan fingerprint density at radius 1 is 0.964 bits per heavy atom. The third-order valence-corrected chi connectivity index (χ3v) is 4.97. The maximum atomic E-state index is 11.8. The number of nitrogens with one attached hydrogen (secondary N) is 1. The fourth-order valence-corrected chi connectivity index (χ4v) is 3.47. The summed E-state index contributed by atoms with van der Waals surface area (Å²) >= 11 is 0. The Kier molecular flexibility index (Phi) is 4.01. The summed E-state index contributed by atoms with van der Waals surface area (Å²) in [5, 5.41) is 11.3. The molecule has 138 valence electrons. The van der Waals surface area contributed by atoms with E-state index in [1.807, 2.05) is 47.1 Å². The van der Waals surface area contributed by atoms with Gasteiger partial charge in [-0.3, -0.25) is 4.79 Å². The molecular weight excluding hydrogens is 352 g/mol. The minimum atomic E-state index is -0.0366. The molecule has 0 aliphatic carbocycles. The van der Waals surface area contributed by atoms with Crippen molar-refractivity contribution in [1.82, 2.24) is 20.3 Å². The number of aromatic nitrogens is 3. The molecule has 1 aliphatic heterocycles. The Hall–Kier alpha value is -3.67. The van der Waals surface area contributed by atoms with Crippen molar-refractivity contribution in [2.75, 3.05) is 0 Å². The lowest BCUT2D eigenvalue weighted by atomic mass is 10.1. The number of para-hydroxylation sites is 1. The summed E-state index contributed by atoms with van der Waals surface area (Å²) < 4.78 is 7.87. The smallest absolute Gasteiger partial charge is 0.252 e. The molecule has 0 saturated carbocycles. The standard InChI is InChI=1S/C22H18N4O2/c27-22-17-4-3-7-21(18(17)12-23-22)28-14-16-10-8-15(9-11-16)13-26-20-6-2-1-5-19(20)24-25-26/h1-11H,12-14H2,(H,23,27). The van der Waals surface area contributed by atoms with Gasteiger partial charge in [0.25, 0.3) is 5.91 Å². The summed E-state index contributed by atoms with van der Waals surface area (Å²) in [6, 6.07) is 21.8. The third-order valence-electron chi connectivity index (χ3n) is 4.97. The van der Waals surface area contributed by atoms with E-state index >= 15 is 0 Å². The normalized spacial score (nSPS) is 12.8. The Balaban J connectivity index is 1.28. The molecule has 1 N–H and O–H groups in total. The molecule has 1 amide bonds. The van der Waals surface area contributed by atoms with Crippen LogP contribution in [0.1, 0.15) is 27.0 Å². The van der Waals surface area contributed by atoms with Crippen LogP contribution >= 0.6 is 0 Å². The number of carbonyl (C=O) groups excluding carboxylic acids is 1. The van der Waals surface area contributed by atoms with Crippen molar-refractivity contribution in [2.24, 2.45) is 0 Å². The first-order chi connectivity index (χ1) is 13.8. The molecule has 3 aromatic carbocycles. The Labute approximate surface area is 161 Å². The first kappa shape index (κ1) is 16.5. The molecule has 1 aromatic heterocycles. The second-order valence-electron chi connectivity index (χ2n) is 6.81. The number of ether oxygens (including phenoxy) is 1. The molecule has 4 aromatic rings. The quantitative estimate of drug-likeness (QED) is 0.585. The number of nitrogens with zero attached hydrogens (tertiary/aromatic N) is 3. The lowest BCUT2D eigenvalue weighted by molar-refractivity contribution is 0.0965.